The molecule has 1 amide bonds. The summed E-state index contributed by atoms with van der Waals surface area (Å²) in [6.45, 7) is 1.67. The lowest BCUT2D eigenvalue weighted by Crippen LogP contribution is -2.37. The van der Waals surface area contributed by atoms with Gasteiger partial charge in [0.2, 0.25) is 5.91 Å². The SMILES string of the molecule is O=C(Nc1nc2ccccc2nc1Cl)[C@H]1CCCNC1. The van der Waals surface area contributed by atoms with Crippen molar-refractivity contribution in [3.8, 4) is 0 Å². The van der Waals surface area contributed by atoms with Gasteiger partial charge in [-0.15, -0.1) is 0 Å². The lowest BCUT2D eigenvalue weighted by atomic mass is 9.99. The van der Waals surface area contributed by atoms with Crippen molar-refractivity contribution < 1.29 is 4.79 Å². The van der Waals surface area contributed by atoms with Crippen LogP contribution in [0.25, 0.3) is 11.0 Å². The van der Waals surface area contributed by atoms with Crippen molar-refractivity contribution in [2.45, 2.75) is 12.8 Å². The molecule has 0 spiro atoms. The highest BCUT2D eigenvalue weighted by molar-refractivity contribution is 6.32. The van der Waals surface area contributed by atoms with Gasteiger partial charge in [0.25, 0.3) is 0 Å². The van der Waals surface area contributed by atoms with E-state index in [0.717, 1.165) is 24.9 Å². The molecule has 6 heteroatoms. The normalized spacial score (nSPS) is 18.9. The summed E-state index contributed by atoms with van der Waals surface area (Å²) in [6.07, 6.45) is 1.90. The van der Waals surface area contributed by atoms with Crippen molar-refractivity contribution in [2.75, 3.05) is 18.4 Å². The predicted molar refractivity (Wildman–Crippen MR) is 78.8 cm³/mol. The third kappa shape index (κ3) is 2.73. The van der Waals surface area contributed by atoms with Crippen molar-refractivity contribution >= 4 is 34.4 Å². The molecule has 0 aliphatic carbocycles. The number of aromatic nitrogens is 2. The van der Waals surface area contributed by atoms with Gasteiger partial charge in [-0.1, -0.05) is 23.7 Å². The fourth-order valence-electron chi connectivity index (χ4n) is 2.35. The molecule has 1 fully saturated rings. The van der Waals surface area contributed by atoms with Crippen LogP contribution < -0.4 is 10.6 Å². The van der Waals surface area contributed by atoms with E-state index in [-0.39, 0.29) is 17.0 Å². The maximum absolute atomic E-state index is 12.2. The molecule has 2 N–H and O–H groups in total. The molecule has 0 unspecified atom stereocenters. The Kier molecular flexibility index (Phi) is 3.80. The quantitative estimate of drug-likeness (QED) is 0.890. The average Bonchev–Trinajstić information content (AvgIpc) is 2.49. The van der Waals surface area contributed by atoms with E-state index in [4.69, 9.17) is 11.6 Å². The van der Waals surface area contributed by atoms with E-state index in [0.29, 0.717) is 17.9 Å². The van der Waals surface area contributed by atoms with Crippen LogP contribution in [0.3, 0.4) is 0 Å². The molecule has 2 aromatic rings. The number of fused-ring (bicyclic) bond motifs is 1. The topological polar surface area (TPSA) is 66.9 Å². The number of benzene rings is 1. The van der Waals surface area contributed by atoms with Crippen LogP contribution in [0.1, 0.15) is 12.8 Å². The monoisotopic (exact) mass is 290 g/mol. The van der Waals surface area contributed by atoms with Crippen molar-refractivity contribution in [1.29, 1.82) is 0 Å². The number of nitrogens with one attached hydrogen (secondary N) is 2. The molecule has 0 radical (unpaired) electrons. The summed E-state index contributed by atoms with van der Waals surface area (Å²) >= 11 is 6.08. The summed E-state index contributed by atoms with van der Waals surface area (Å²) in [5, 5.41) is 6.23. The Morgan fingerprint density at radius 1 is 1.30 bits per heavy atom. The zero-order valence-corrected chi connectivity index (χ0v) is 11.7. The maximum Gasteiger partial charge on any atom is 0.230 e. The Balaban J connectivity index is 1.82. The zero-order valence-electron chi connectivity index (χ0n) is 10.9. The van der Waals surface area contributed by atoms with Crippen LogP contribution in [0.15, 0.2) is 24.3 Å². The van der Waals surface area contributed by atoms with E-state index < -0.39 is 0 Å². The smallest absolute Gasteiger partial charge is 0.230 e. The van der Waals surface area contributed by atoms with Crippen molar-refractivity contribution in [2.24, 2.45) is 5.92 Å². The highest BCUT2D eigenvalue weighted by Crippen LogP contribution is 2.22. The second kappa shape index (κ2) is 5.73. The van der Waals surface area contributed by atoms with Gasteiger partial charge in [-0.3, -0.25) is 4.79 Å². The van der Waals surface area contributed by atoms with Crippen LogP contribution in [0.4, 0.5) is 5.82 Å². The van der Waals surface area contributed by atoms with Crippen molar-refractivity contribution in [1.82, 2.24) is 15.3 Å². The minimum absolute atomic E-state index is 0.0342. The molecule has 0 saturated carbocycles. The summed E-state index contributed by atoms with van der Waals surface area (Å²) in [5.74, 6) is 0.248. The molecule has 1 aromatic heterocycles. The van der Waals surface area contributed by atoms with E-state index in [9.17, 15) is 4.79 Å². The van der Waals surface area contributed by atoms with Gasteiger partial charge in [-0.05, 0) is 31.5 Å². The number of nitrogens with zero attached hydrogens (tertiary/aromatic N) is 2. The van der Waals surface area contributed by atoms with Gasteiger partial charge >= 0.3 is 0 Å². The Hall–Kier alpha value is -1.72. The molecule has 5 nitrogen and oxygen atoms in total. The van der Waals surface area contributed by atoms with Crippen LogP contribution in [0.2, 0.25) is 5.15 Å². The molecule has 1 atom stereocenters. The van der Waals surface area contributed by atoms with Crippen LogP contribution in [0.5, 0.6) is 0 Å². The third-order valence-electron chi connectivity index (χ3n) is 3.44. The average molecular weight is 291 g/mol. The van der Waals surface area contributed by atoms with Crippen LogP contribution >= 0.6 is 11.6 Å². The molecule has 0 bridgehead atoms. The molecular weight excluding hydrogens is 276 g/mol. The van der Waals surface area contributed by atoms with E-state index in [1.54, 1.807) is 0 Å². The number of piperidine rings is 1. The van der Waals surface area contributed by atoms with E-state index in [2.05, 4.69) is 20.6 Å². The minimum atomic E-state index is -0.0521. The van der Waals surface area contributed by atoms with Gasteiger partial charge < -0.3 is 10.6 Å². The largest absolute Gasteiger partial charge is 0.316 e. The number of carbonyl (C=O) groups is 1. The molecular formula is C14H15ClN4O. The van der Waals surface area contributed by atoms with Crippen LogP contribution in [-0.4, -0.2) is 29.0 Å². The number of para-hydroxylation sites is 2. The van der Waals surface area contributed by atoms with Crippen LogP contribution in [0, 0.1) is 5.92 Å². The number of hydrogen-bond donors (Lipinski definition) is 2. The van der Waals surface area contributed by atoms with Gasteiger partial charge in [-0.2, -0.15) is 0 Å². The maximum atomic E-state index is 12.2. The highest BCUT2D eigenvalue weighted by atomic mass is 35.5. The summed E-state index contributed by atoms with van der Waals surface area (Å²) in [4.78, 5) is 20.8. The second-order valence-corrected chi connectivity index (χ2v) is 5.24. The van der Waals surface area contributed by atoms with Gasteiger partial charge in [0.05, 0.1) is 17.0 Å². The van der Waals surface area contributed by atoms with E-state index in [1.165, 1.54) is 0 Å². The molecule has 1 saturated heterocycles. The summed E-state index contributed by atoms with van der Waals surface area (Å²) in [6, 6.07) is 7.43. The Morgan fingerprint density at radius 2 is 2.05 bits per heavy atom. The third-order valence-corrected chi connectivity index (χ3v) is 3.70. The molecule has 104 valence electrons. The van der Waals surface area contributed by atoms with Gasteiger partial charge in [0.1, 0.15) is 0 Å². The zero-order chi connectivity index (χ0) is 13.9. The highest BCUT2D eigenvalue weighted by Gasteiger charge is 2.22. The molecule has 1 aliphatic rings. The van der Waals surface area contributed by atoms with Crippen molar-refractivity contribution in [3.63, 3.8) is 0 Å². The minimum Gasteiger partial charge on any atom is -0.316 e. The van der Waals surface area contributed by atoms with Crippen LogP contribution in [-0.2, 0) is 4.79 Å². The summed E-state index contributed by atoms with van der Waals surface area (Å²) in [7, 11) is 0. The molecule has 2 heterocycles. The van der Waals surface area contributed by atoms with Gasteiger partial charge in [0, 0.05) is 6.54 Å². The van der Waals surface area contributed by atoms with Crippen molar-refractivity contribution in [3.05, 3.63) is 29.4 Å². The first-order valence-corrected chi connectivity index (χ1v) is 7.06. The van der Waals surface area contributed by atoms with Gasteiger partial charge in [0.15, 0.2) is 11.0 Å². The number of amides is 1. The lowest BCUT2D eigenvalue weighted by Gasteiger charge is -2.21. The number of carbonyl (C=O) groups excluding carboxylic acids is 1. The first-order valence-electron chi connectivity index (χ1n) is 6.68. The second-order valence-electron chi connectivity index (χ2n) is 4.88. The Morgan fingerprint density at radius 3 is 2.75 bits per heavy atom. The molecule has 20 heavy (non-hydrogen) atoms. The number of hydrogen-bond acceptors (Lipinski definition) is 4. The molecule has 1 aromatic carbocycles. The predicted octanol–water partition coefficient (Wildman–Crippen LogP) is 2.22. The molecule has 3 rings (SSSR count). The fourth-order valence-corrected chi connectivity index (χ4v) is 2.53. The molecule has 1 aliphatic heterocycles. The van der Waals surface area contributed by atoms with Gasteiger partial charge in [-0.25, -0.2) is 9.97 Å². The summed E-state index contributed by atoms with van der Waals surface area (Å²) in [5.41, 5.74) is 1.43. The fraction of sp³-hybridized carbons (Fsp3) is 0.357. The number of halogens is 1. The standard InChI is InChI=1S/C14H15ClN4O/c15-12-13(18-11-6-2-1-5-10(11)17-12)19-14(20)9-4-3-7-16-8-9/h1-2,5-6,9,16H,3-4,7-8H2,(H,18,19,20)/t9-/m0/s1. The number of rotatable bonds is 2. The van der Waals surface area contributed by atoms with E-state index in [1.807, 2.05) is 24.3 Å². The van der Waals surface area contributed by atoms with E-state index >= 15 is 0 Å². The summed E-state index contributed by atoms with van der Waals surface area (Å²) < 4.78 is 0. The first-order chi connectivity index (χ1) is 9.74. The Labute approximate surface area is 121 Å². The Bertz CT molecular complexity index is 640. The number of anilines is 1. The first kappa shape index (κ1) is 13.3. The lowest BCUT2D eigenvalue weighted by molar-refractivity contribution is -0.120.